The second-order valence-corrected chi connectivity index (χ2v) is 5.37. The highest BCUT2D eigenvalue weighted by Gasteiger charge is 2.24. The number of fused-ring (bicyclic) bond motifs is 1. The van der Waals surface area contributed by atoms with Crippen LogP contribution in [0.3, 0.4) is 0 Å². The van der Waals surface area contributed by atoms with Gasteiger partial charge in [0.2, 0.25) is 5.91 Å². The normalized spacial score (nSPS) is 16.3. The van der Waals surface area contributed by atoms with E-state index in [2.05, 4.69) is 22.1 Å². The highest BCUT2D eigenvalue weighted by Crippen LogP contribution is 2.27. The second kappa shape index (κ2) is 6.18. The molecule has 3 rings (SSSR count). The fraction of sp³-hybridized carbons (Fsp3) is 0.438. The van der Waals surface area contributed by atoms with E-state index in [-0.39, 0.29) is 12.5 Å². The number of carbonyl (C=O) groups is 1. The molecule has 0 radical (unpaired) electrons. The molecule has 1 amide bonds. The summed E-state index contributed by atoms with van der Waals surface area (Å²) < 4.78 is 4.90. The Bertz CT molecular complexity index is 636. The van der Waals surface area contributed by atoms with Crippen LogP contribution in [0.2, 0.25) is 0 Å². The van der Waals surface area contributed by atoms with Crippen LogP contribution >= 0.6 is 0 Å². The summed E-state index contributed by atoms with van der Waals surface area (Å²) in [5.41, 5.74) is 1.88. The quantitative estimate of drug-likeness (QED) is 0.865. The molecule has 0 aliphatic carbocycles. The number of piperidine rings is 1. The molecular formula is C16H19N3O2. The van der Waals surface area contributed by atoms with Gasteiger partial charge in [-0.05, 0) is 37.1 Å². The maximum Gasteiger partial charge on any atom is 0.248 e. The molecule has 2 aromatic heterocycles. The van der Waals surface area contributed by atoms with Crippen LogP contribution in [-0.4, -0.2) is 47.6 Å². The zero-order chi connectivity index (χ0) is 14.7. The molecule has 5 nitrogen and oxygen atoms in total. The summed E-state index contributed by atoms with van der Waals surface area (Å²) in [6, 6.07) is 8.10. The van der Waals surface area contributed by atoms with Crippen molar-refractivity contribution in [1.29, 1.82) is 0 Å². The fourth-order valence-corrected chi connectivity index (χ4v) is 2.83. The van der Waals surface area contributed by atoms with Gasteiger partial charge in [-0.3, -0.25) is 4.79 Å². The van der Waals surface area contributed by atoms with Crippen LogP contribution < -0.4 is 0 Å². The summed E-state index contributed by atoms with van der Waals surface area (Å²) in [5.74, 6) is 0.479. The zero-order valence-electron chi connectivity index (χ0n) is 12.2. The first kappa shape index (κ1) is 13.9. The van der Waals surface area contributed by atoms with Crippen molar-refractivity contribution in [3.8, 4) is 0 Å². The number of amides is 1. The number of carbonyl (C=O) groups excluding carboxylic acids is 1. The first-order chi connectivity index (χ1) is 10.3. The molecule has 0 aromatic carbocycles. The third kappa shape index (κ3) is 3.03. The molecule has 1 saturated heterocycles. The molecule has 21 heavy (non-hydrogen) atoms. The van der Waals surface area contributed by atoms with E-state index in [4.69, 9.17) is 4.74 Å². The van der Waals surface area contributed by atoms with Crippen LogP contribution in [0.4, 0.5) is 0 Å². The molecule has 1 fully saturated rings. The van der Waals surface area contributed by atoms with Gasteiger partial charge in [0.05, 0.1) is 0 Å². The van der Waals surface area contributed by atoms with Crippen molar-refractivity contribution in [2.75, 3.05) is 26.8 Å². The number of methoxy groups -OCH3 is 1. The molecule has 3 heterocycles. The van der Waals surface area contributed by atoms with Crippen LogP contribution in [0.25, 0.3) is 11.0 Å². The van der Waals surface area contributed by atoms with E-state index in [0.29, 0.717) is 5.92 Å². The Balaban J connectivity index is 1.69. The number of aromatic nitrogens is 2. The Morgan fingerprint density at radius 2 is 2.14 bits per heavy atom. The van der Waals surface area contributed by atoms with Crippen molar-refractivity contribution in [3.05, 3.63) is 36.2 Å². The van der Waals surface area contributed by atoms with Crippen LogP contribution in [0.15, 0.2) is 30.5 Å². The standard InChI is InChI=1S/C16H19N3O2/c1-21-11-15(20)19-9-6-12(7-10-19)14-5-4-13-3-2-8-17-16(13)18-14/h2-5,8,12H,6-7,9-11H2,1H3. The molecule has 1 aliphatic heterocycles. The first-order valence-electron chi connectivity index (χ1n) is 7.26. The molecule has 0 N–H and O–H groups in total. The fourth-order valence-electron chi connectivity index (χ4n) is 2.83. The third-order valence-electron chi connectivity index (χ3n) is 4.02. The van der Waals surface area contributed by atoms with Gasteiger partial charge in [-0.2, -0.15) is 0 Å². The lowest BCUT2D eigenvalue weighted by molar-refractivity contribution is -0.136. The Morgan fingerprint density at radius 1 is 1.33 bits per heavy atom. The predicted octanol–water partition coefficient (Wildman–Crippen LogP) is 1.98. The molecule has 5 heteroatoms. The second-order valence-electron chi connectivity index (χ2n) is 5.37. The number of ether oxygens (including phenoxy) is 1. The van der Waals surface area contributed by atoms with E-state index in [1.54, 1.807) is 13.3 Å². The summed E-state index contributed by atoms with van der Waals surface area (Å²) in [7, 11) is 1.55. The topological polar surface area (TPSA) is 55.3 Å². The maximum absolute atomic E-state index is 11.8. The van der Waals surface area contributed by atoms with Gasteiger partial charge >= 0.3 is 0 Å². The van der Waals surface area contributed by atoms with Crippen molar-refractivity contribution < 1.29 is 9.53 Å². The van der Waals surface area contributed by atoms with Gasteiger partial charge in [-0.1, -0.05) is 0 Å². The van der Waals surface area contributed by atoms with Gasteiger partial charge in [0.15, 0.2) is 5.65 Å². The Kier molecular flexibility index (Phi) is 4.10. The summed E-state index contributed by atoms with van der Waals surface area (Å²) in [6.07, 6.45) is 3.66. The molecule has 0 atom stereocenters. The Hall–Kier alpha value is -2.01. The Labute approximate surface area is 124 Å². The average Bonchev–Trinajstić information content (AvgIpc) is 2.55. The van der Waals surface area contributed by atoms with Crippen molar-refractivity contribution in [2.24, 2.45) is 0 Å². The summed E-state index contributed by atoms with van der Waals surface area (Å²) >= 11 is 0. The number of hydrogen-bond acceptors (Lipinski definition) is 4. The monoisotopic (exact) mass is 285 g/mol. The van der Waals surface area contributed by atoms with Crippen molar-refractivity contribution in [2.45, 2.75) is 18.8 Å². The third-order valence-corrected chi connectivity index (χ3v) is 4.02. The number of nitrogens with zero attached hydrogens (tertiary/aromatic N) is 3. The lowest BCUT2D eigenvalue weighted by Gasteiger charge is -2.31. The van der Waals surface area contributed by atoms with Crippen molar-refractivity contribution in [1.82, 2.24) is 14.9 Å². The summed E-state index contributed by atoms with van der Waals surface area (Å²) in [5, 5.41) is 1.06. The van der Waals surface area contributed by atoms with Crippen molar-refractivity contribution >= 4 is 16.9 Å². The van der Waals surface area contributed by atoms with E-state index < -0.39 is 0 Å². The van der Waals surface area contributed by atoms with Crippen molar-refractivity contribution in [3.63, 3.8) is 0 Å². The maximum atomic E-state index is 11.8. The molecule has 0 saturated carbocycles. The van der Waals surface area contributed by atoms with Crippen LogP contribution in [0.1, 0.15) is 24.5 Å². The first-order valence-corrected chi connectivity index (χ1v) is 7.26. The van der Waals surface area contributed by atoms with Gasteiger partial charge in [0.1, 0.15) is 6.61 Å². The van der Waals surface area contributed by atoms with E-state index in [9.17, 15) is 4.79 Å². The highest BCUT2D eigenvalue weighted by molar-refractivity contribution is 5.77. The minimum atomic E-state index is 0.0732. The highest BCUT2D eigenvalue weighted by atomic mass is 16.5. The van der Waals surface area contributed by atoms with Gasteiger partial charge in [0, 0.05) is 43.4 Å². The lowest BCUT2D eigenvalue weighted by Crippen LogP contribution is -2.39. The SMILES string of the molecule is COCC(=O)N1CCC(c2ccc3cccnc3n2)CC1. The average molecular weight is 285 g/mol. The molecule has 110 valence electrons. The smallest absolute Gasteiger partial charge is 0.248 e. The number of rotatable bonds is 3. The predicted molar refractivity (Wildman–Crippen MR) is 80.0 cm³/mol. The largest absolute Gasteiger partial charge is 0.375 e. The molecule has 0 unspecified atom stereocenters. The molecule has 0 bridgehead atoms. The van der Waals surface area contributed by atoms with Crippen LogP contribution in [-0.2, 0) is 9.53 Å². The van der Waals surface area contributed by atoms with Crippen LogP contribution in [0, 0.1) is 0 Å². The molecule has 1 aliphatic rings. The molecular weight excluding hydrogens is 266 g/mol. The lowest BCUT2D eigenvalue weighted by atomic mass is 9.93. The molecule has 2 aromatic rings. The van der Waals surface area contributed by atoms with E-state index >= 15 is 0 Å². The Morgan fingerprint density at radius 3 is 2.90 bits per heavy atom. The summed E-state index contributed by atoms with van der Waals surface area (Å²) in [6.45, 7) is 1.71. The minimum absolute atomic E-state index is 0.0732. The van der Waals surface area contributed by atoms with E-state index in [1.807, 2.05) is 17.0 Å². The zero-order valence-corrected chi connectivity index (χ0v) is 12.2. The van der Waals surface area contributed by atoms with Gasteiger partial charge in [0.25, 0.3) is 0 Å². The number of pyridine rings is 2. The minimum Gasteiger partial charge on any atom is -0.375 e. The van der Waals surface area contributed by atoms with Crippen LogP contribution in [0.5, 0.6) is 0 Å². The van der Waals surface area contributed by atoms with Gasteiger partial charge in [-0.15, -0.1) is 0 Å². The van der Waals surface area contributed by atoms with Gasteiger partial charge in [-0.25, -0.2) is 9.97 Å². The molecule has 0 spiro atoms. The number of hydrogen-bond donors (Lipinski definition) is 0. The summed E-state index contributed by atoms with van der Waals surface area (Å²) in [4.78, 5) is 22.6. The van der Waals surface area contributed by atoms with E-state index in [0.717, 1.165) is 42.7 Å². The number of likely N-dealkylation sites (tertiary alicyclic amines) is 1. The van der Waals surface area contributed by atoms with E-state index in [1.165, 1.54) is 0 Å². The van der Waals surface area contributed by atoms with Gasteiger partial charge < -0.3 is 9.64 Å².